The molecule has 0 aliphatic heterocycles. The molecule has 0 atom stereocenters. The molecule has 0 heterocycles. The SMILES string of the molecule is C=CCN(CC)C(=O)Nc1ccc(/C=C/C(=O)O)cc1. The fourth-order valence-corrected chi connectivity index (χ4v) is 1.56. The maximum Gasteiger partial charge on any atom is 0.328 e. The lowest BCUT2D eigenvalue weighted by molar-refractivity contribution is -0.131. The molecule has 20 heavy (non-hydrogen) atoms. The zero-order valence-corrected chi connectivity index (χ0v) is 11.4. The predicted molar refractivity (Wildman–Crippen MR) is 79.6 cm³/mol. The highest BCUT2D eigenvalue weighted by Gasteiger charge is 2.09. The smallest absolute Gasteiger partial charge is 0.328 e. The highest BCUT2D eigenvalue weighted by molar-refractivity contribution is 5.89. The van der Waals surface area contributed by atoms with Crippen LogP contribution in [0.15, 0.2) is 43.0 Å². The number of anilines is 1. The van der Waals surface area contributed by atoms with Crippen molar-refractivity contribution in [2.45, 2.75) is 6.92 Å². The molecule has 0 spiro atoms. The first-order valence-corrected chi connectivity index (χ1v) is 6.24. The van der Waals surface area contributed by atoms with Crippen LogP contribution < -0.4 is 5.32 Å². The summed E-state index contributed by atoms with van der Waals surface area (Å²) in [5, 5.41) is 11.3. The molecule has 0 bridgehead atoms. The van der Waals surface area contributed by atoms with Gasteiger partial charge in [0, 0.05) is 24.9 Å². The normalized spacial score (nSPS) is 10.2. The van der Waals surface area contributed by atoms with Gasteiger partial charge in [0.25, 0.3) is 0 Å². The Kier molecular flexibility index (Phi) is 6.03. The summed E-state index contributed by atoms with van der Waals surface area (Å²) in [4.78, 5) is 23.9. The standard InChI is InChI=1S/C15H18N2O3/c1-3-11-17(4-2)15(20)16-13-8-5-12(6-9-13)7-10-14(18)19/h3,5-10H,1,4,11H2,2H3,(H,16,20)(H,18,19)/b10-7+. The molecule has 0 radical (unpaired) electrons. The number of urea groups is 1. The minimum absolute atomic E-state index is 0.193. The van der Waals surface area contributed by atoms with Crippen molar-refractivity contribution in [2.75, 3.05) is 18.4 Å². The van der Waals surface area contributed by atoms with Crippen LogP contribution in [0.1, 0.15) is 12.5 Å². The Hall–Kier alpha value is -2.56. The maximum atomic E-state index is 11.9. The molecule has 0 saturated carbocycles. The molecule has 0 fully saturated rings. The fourth-order valence-electron chi connectivity index (χ4n) is 1.56. The molecular weight excluding hydrogens is 256 g/mol. The predicted octanol–water partition coefficient (Wildman–Crippen LogP) is 2.82. The van der Waals surface area contributed by atoms with Gasteiger partial charge in [0.05, 0.1) is 0 Å². The van der Waals surface area contributed by atoms with Crippen molar-refractivity contribution in [3.05, 3.63) is 48.6 Å². The van der Waals surface area contributed by atoms with Gasteiger partial charge >= 0.3 is 12.0 Å². The van der Waals surface area contributed by atoms with Crippen molar-refractivity contribution < 1.29 is 14.7 Å². The van der Waals surface area contributed by atoms with Gasteiger partial charge in [-0.2, -0.15) is 0 Å². The molecule has 0 aromatic heterocycles. The van der Waals surface area contributed by atoms with Crippen LogP contribution in [0.2, 0.25) is 0 Å². The number of rotatable bonds is 6. The largest absolute Gasteiger partial charge is 0.478 e. The second-order valence-electron chi connectivity index (χ2n) is 4.05. The van der Waals surface area contributed by atoms with E-state index in [1.165, 1.54) is 6.08 Å². The van der Waals surface area contributed by atoms with Gasteiger partial charge in [-0.1, -0.05) is 18.2 Å². The lowest BCUT2D eigenvalue weighted by atomic mass is 10.2. The van der Waals surface area contributed by atoms with Crippen molar-refractivity contribution in [1.29, 1.82) is 0 Å². The Morgan fingerprint density at radius 2 is 2.00 bits per heavy atom. The third kappa shape index (κ3) is 4.97. The highest BCUT2D eigenvalue weighted by Crippen LogP contribution is 2.11. The van der Waals surface area contributed by atoms with Gasteiger partial charge in [0.1, 0.15) is 0 Å². The number of likely N-dealkylation sites (N-methyl/N-ethyl adjacent to an activating group) is 1. The Bertz CT molecular complexity index is 506. The zero-order valence-electron chi connectivity index (χ0n) is 11.4. The lowest BCUT2D eigenvalue weighted by Crippen LogP contribution is -2.34. The van der Waals surface area contributed by atoms with Gasteiger partial charge in [-0.3, -0.25) is 0 Å². The molecule has 2 amide bonds. The van der Waals surface area contributed by atoms with Crippen LogP contribution in [0.3, 0.4) is 0 Å². The van der Waals surface area contributed by atoms with E-state index in [1.807, 2.05) is 6.92 Å². The van der Waals surface area contributed by atoms with Gasteiger partial charge in [-0.25, -0.2) is 9.59 Å². The molecule has 2 N–H and O–H groups in total. The average molecular weight is 274 g/mol. The Morgan fingerprint density at radius 1 is 1.35 bits per heavy atom. The number of hydrogen-bond acceptors (Lipinski definition) is 2. The maximum absolute atomic E-state index is 11.9. The quantitative estimate of drug-likeness (QED) is 0.619. The number of hydrogen-bond donors (Lipinski definition) is 2. The lowest BCUT2D eigenvalue weighted by Gasteiger charge is -2.19. The number of carbonyl (C=O) groups excluding carboxylic acids is 1. The monoisotopic (exact) mass is 274 g/mol. The second-order valence-corrected chi connectivity index (χ2v) is 4.05. The van der Waals surface area contributed by atoms with E-state index in [0.717, 1.165) is 11.6 Å². The minimum Gasteiger partial charge on any atom is -0.478 e. The number of amides is 2. The van der Waals surface area contributed by atoms with E-state index in [2.05, 4.69) is 11.9 Å². The molecule has 0 unspecified atom stereocenters. The zero-order chi connectivity index (χ0) is 15.0. The van der Waals surface area contributed by atoms with Crippen molar-refractivity contribution in [1.82, 2.24) is 4.90 Å². The van der Waals surface area contributed by atoms with Crippen LogP contribution >= 0.6 is 0 Å². The van der Waals surface area contributed by atoms with Crippen molar-refractivity contribution in [2.24, 2.45) is 0 Å². The van der Waals surface area contributed by atoms with Gasteiger partial charge in [-0.15, -0.1) is 6.58 Å². The van der Waals surface area contributed by atoms with Gasteiger partial charge in [0.15, 0.2) is 0 Å². The first kappa shape index (κ1) is 15.5. The van der Waals surface area contributed by atoms with Crippen LogP contribution in [0.5, 0.6) is 0 Å². The van der Waals surface area contributed by atoms with Crippen molar-refractivity contribution >= 4 is 23.8 Å². The van der Waals surface area contributed by atoms with Crippen LogP contribution in [0.4, 0.5) is 10.5 Å². The Labute approximate surface area is 118 Å². The number of aliphatic carboxylic acids is 1. The Balaban J connectivity index is 2.67. The van der Waals surface area contributed by atoms with Crippen molar-refractivity contribution in [3.8, 4) is 0 Å². The first-order chi connectivity index (χ1) is 9.56. The van der Waals surface area contributed by atoms with E-state index < -0.39 is 5.97 Å². The number of carbonyl (C=O) groups is 2. The summed E-state index contributed by atoms with van der Waals surface area (Å²) >= 11 is 0. The number of nitrogens with zero attached hydrogens (tertiary/aromatic N) is 1. The number of carboxylic acid groups (broad SMARTS) is 1. The molecule has 1 aromatic rings. The Morgan fingerprint density at radius 3 is 2.50 bits per heavy atom. The van der Waals surface area contributed by atoms with E-state index >= 15 is 0 Å². The van der Waals surface area contributed by atoms with Crippen LogP contribution in [0, 0.1) is 0 Å². The summed E-state index contributed by atoms with van der Waals surface area (Å²) in [5.74, 6) is -0.995. The van der Waals surface area contributed by atoms with Crippen molar-refractivity contribution in [3.63, 3.8) is 0 Å². The molecule has 0 aliphatic carbocycles. The third-order valence-electron chi connectivity index (χ3n) is 2.60. The molecule has 0 saturated heterocycles. The van der Waals surface area contributed by atoms with E-state index in [1.54, 1.807) is 35.2 Å². The highest BCUT2D eigenvalue weighted by atomic mass is 16.4. The van der Waals surface area contributed by atoms with Gasteiger partial charge < -0.3 is 15.3 Å². The number of nitrogens with one attached hydrogen (secondary N) is 1. The summed E-state index contributed by atoms with van der Waals surface area (Å²) in [6.45, 7) is 6.58. The van der Waals surface area contributed by atoms with Crippen LogP contribution in [-0.4, -0.2) is 35.1 Å². The second kappa shape index (κ2) is 7.78. The third-order valence-corrected chi connectivity index (χ3v) is 2.60. The molecular formula is C15H18N2O3. The summed E-state index contributed by atoms with van der Waals surface area (Å²) in [6, 6.07) is 6.72. The van der Waals surface area contributed by atoms with Crippen LogP contribution in [-0.2, 0) is 4.79 Å². The first-order valence-electron chi connectivity index (χ1n) is 6.24. The molecule has 0 aliphatic rings. The fraction of sp³-hybridized carbons (Fsp3) is 0.200. The number of benzene rings is 1. The van der Waals surface area contributed by atoms with E-state index in [-0.39, 0.29) is 6.03 Å². The summed E-state index contributed by atoms with van der Waals surface area (Å²) in [6.07, 6.45) is 4.23. The summed E-state index contributed by atoms with van der Waals surface area (Å²) in [5.41, 5.74) is 1.41. The molecule has 1 aromatic carbocycles. The topological polar surface area (TPSA) is 69.6 Å². The molecule has 5 heteroatoms. The number of carboxylic acids is 1. The average Bonchev–Trinajstić information content (AvgIpc) is 2.43. The molecule has 5 nitrogen and oxygen atoms in total. The van der Waals surface area contributed by atoms with Gasteiger partial charge in [-0.05, 0) is 30.7 Å². The summed E-state index contributed by atoms with van der Waals surface area (Å²) < 4.78 is 0. The van der Waals surface area contributed by atoms with E-state index in [0.29, 0.717) is 18.8 Å². The van der Waals surface area contributed by atoms with E-state index in [4.69, 9.17) is 5.11 Å². The molecule has 1 rings (SSSR count). The van der Waals surface area contributed by atoms with Gasteiger partial charge in [0.2, 0.25) is 0 Å². The van der Waals surface area contributed by atoms with Crippen LogP contribution in [0.25, 0.3) is 6.08 Å². The minimum atomic E-state index is -0.995. The molecule has 106 valence electrons. The summed E-state index contributed by atoms with van der Waals surface area (Å²) in [7, 11) is 0. The van der Waals surface area contributed by atoms with E-state index in [9.17, 15) is 9.59 Å².